The number of carboxylic acid groups (broad SMARTS) is 1. The van der Waals surface area contributed by atoms with Gasteiger partial charge in [-0.15, -0.1) is 0 Å². The number of hydrogen-bond acceptors (Lipinski definition) is 3. The second-order valence-corrected chi connectivity index (χ2v) is 6.18. The molecule has 6 nitrogen and oxygen atoms in total. The number of carbonyl (C=O) groups excluding carboxylic acids is 1. The summed E-state index contributed by atoms with van der Waals surface area (Å²) in [6.07, 6.45) is 1.32. The lowest BCUT2D eigenvalue weighted by Gasteiger charge is -2.21. The molecular weight excluding hydrogens is 248 g/mol. The van der Waals surface area contributed by atoms with Crippen LogP contribution in [-0.2, 0) is 9.53 Å². The summed E-state index contributed by atoms with van der Waals surface area (Å²) in [4.78, 5) is 24.5. The standard InChI is InChI=1S/C13H22N2O4/c1-13(2)5-6-15(8-13)12(18)14-7-9-3-4-10(19-9)11(16)17/h9-10H,3-8H2,1-2H3,(H,14,18)(H,16,17). The zero-order chi connectivity index (χ0) is 14.0. The Morgan fingerprint density at radius 1 is 1.42 bits per heavy atom. The lowest BCUT2D eigenvalue weighted by Crippen LogP contribution is -2.42. The van der Waals surface area contributed by atoms with Crippen molar-refractivity contribution in [3.63, 3.8) is 0 Å². The zero-order valence-electron chi connectivity index (χ0n) is 11.5. The van der Waals surface area contributed by atoms with Crippen molar-refractivity contribution in [2.24, 2.45) is 5.41 Å². The highest BCUT2D eigenvalue weighted by Gasteiger charge is 2.33. The van der Waals surface area contributed by atoms with Crippen LogP contribution in [0.5, 0.6) is 0 Å². The van der Waals surface area contributed by atoms with E-state index in [4.69, 9.17) is 9.84 Å². The molecule has 2 amide bonds. The van der Waals surface area contributed by atoms with E-state index in [9.17, 15) is 9.59 Å². The maximum atomic E-state index is 11.9. The molecule has 0 aromatic carbocycles. The third-order valence-electron chi connectivity index (χ3n) is 3.83. The zero-order valence-corrected chi connectivity index (χ0v) is 11.5. The summed E-state index contributed by atoms with van der Waals surface area (Å²) in [7, 11) is 0. The number of nitrogens with one attached hydrogen (secondary N) is 1. The first kappa shape index (κ1) is 14.1. The highest BCUT2D eigenvalue weighted by atomic mass is 16.5. The molecule has 2 N–H and O–H groups in total. The Balaban J connectivity index is 1.72. The van der Waals surface area contributed by atoms with Crippen molar-refractivity contribution in [2.75, 3.05) is 19.6 Å². The predicted octanol–water partition coefficient (Wildman–Crippen LogP) is 1.06. The van der Waals surface area contributed by atoms with Gasteiger partial charge >= 0.3 is 12.0 Å². The molecule has 2 aliphatic rings. The van der Waals surface area contributed by atoms with Crippen molar-refractivity contribution < 1.29 is 19.4 Å². The summed E-state index contributed by atoms with van der Waals surface area (Å²) in [5.74, 6) is -0.921. The summed E-state index contributed by atoms with van der Waals surface area (Å²) in [6, 6.07) is -0.0760. The second kappa shape index (κ2) is 5.36. The van der Waals surface area contributed by atoms with Crippen LogP contribution in [0.15, 0.2) is 0 Å². The van der Waals surface area contributed by atoms with Crippen molar-refractivity contribution >= 4 is 12.0 Å². The smallest absolute Gasteiger partial charge is 0.332 e. The molecule has 0 spiro atoms. The Bertz CT molecular complexity index is 370. The van der Waals surface area contributed by atoms with Gasteiger partial charge in [0, 0.05) is 19.6 Å². The van der Waals surface area contributed by atoms with E-state index in [0.717, 1.165) is 19.5 Å². The third kappa shape index (κ3) is 3.59. The van der Waals surface area contributed by atoms with Gasteiger partial charge in [0.05, 0.1) is 6.10 Å². The van der Waals surface area contributed by atoms with Gasteiger partial charge in [0.2, 0.25) is 0 Å². The molecule has 2 unspecified atom stereocenters. The van der Waals surface area contributed by atoms with E-state index in [0.29, 0.717) is 19.4 Å². The Kier molecular flexibility index (Phi) is 3.99. The lowest BCUT2D eigenvalue weighted by molar-refractivity contribution is -0.149. The maximum absolute atomic E-state index is 11.9. The number of hydrogen-bond donors (Lipinski definition) is 2. The molecule has 0 saturated carbocycles. The minimum Gasteiger partial charge on any atom is -0.479 e. The Morgan fingerprint density at radius 2 is 2.16 bits per heavy atom. The fourth-order valence-corrected chi connectivity index (χ4v) is 2.64. The van der Waals surface area contributed by atoms with Gasteiger partial charge in [0.15, 0.2) is 6.10 Å². The van der Waals surface area contributed by atoms with Crippen LogP contribution in [0.1, 0.15) is 33.1 Å². The van der Waals surface area contributed by atoms with Gasteiger partial charge in [-0.25, -0.2) is 9.59 Å². The lowest BCUT2D eigenvalue weighted by atomic mass is 9.93. The molecular formula is C13H22N2O4. The normalized spacial score (nSPS) is 29.5. The highest BCUT2D eigenvalue weighted by molar-refractivity contribution is 5.74. The predicted molar refractivity (Wildman–Crippen MR) is 68.9 cm³/mol. The average Bonchev–Trinajstić information content (AvgIpc) is 2.92. The first-order chi connectivity index (χ1) is 8.87. The van der Waals surface area contributed by atoms with E-state index in [2.05, 4.69) is 19.2 Å². The Hall–Kier alpha value is -1.30. The summed E-state index contributed by atoms with van der Waals surface area (Å²) in [6.45, 7) is 6.24. The number of amides is 2. The van der Waals surface area contributed by atoms with Gasteiger partial charge in [-0.3, -0.25) is 0 Å². The van der Waals surface area contributed by atoms with Crippen LogP contribution in [0, 0.1) is 5.41 Å². The first-order valence-electron chi connectivity index (χ1n) is 6.78. The molecule has 0 radical (unpaired) electrons. The largest absolute Gasteiger partial charge is 0.479 e. The molecule has 19 heavy (non-hydrogen) atoms. The van der Waals surface area contributed by atoms with E-state index >= 15 is 0 Å². The molecule has 0 aromatic rings. The van der Waals surface area contributed by atoms with Gasteiger partial charge in [-0.05, 0) is 24.7 Å². The van der Waals surface area contributed by atoms with Crippen molar-refractivity contribution in [3.8, 4) is 0 Å². The van der Waals surface area contributed by atoms with Gasteiger partial charge < -0.3 is 20.1 Å². The Labute approximate surface area is 113 Å². The molecule has 2 aliphatic heterocycles. The number of likely N-dealkylation sites (tertiary alicyclic amines) is 1. The van der Waals surface area contributed by atoms with Gasteiger partial charge in [-0.1, -0.05) is 13.8 Å². The molecule has 2 heterocycles. The van der Waals surface area contributed by atoms with Gasteiger partial charge in [0.1, 0.15) is 0 Å². The fraction of sp³-hybridized carbons (Fsp3) is 0.846. The monoisotopic (exact) mass is 270 g/mol. The minimum atomic E-state index is -0.921. The van der Waals surface area contributed by atoms with E-state index in [1.54, 1.807) is 0 Å². The molecule has 2 saturated heterocycles. The van der Waals surface area contributed by atoms with Crippen LogP contribution in [0.25, 0.3) is 0 Å². The molecule has 0 aliphatic carbocycles. The van der Waals surface area contributed by atoms with E-state index in [1.807, 2.05) is 4.90 Å². The summed E-state index contributed by atoms with van der Waals surface area (Å²) in [5.41, 5.74) is 0.190. The number of nitrogens with zero attached hydrogens (tertiary/aromatic N) is 1. The van der Waals surface area contributed by atoms with Gasteiger partial charge in [0.25, 0.3) is 0 Å². The second-order valence-electron chi connectivity index (χ2n) is 6.18. The molecule has 2 fully saturated rings. The molecule has 2 atom stereocenters. The molecule has 6 heteroatoms. The molecule has 0 aromatic heterocycles. The number of rotatable bonds is 3. The molecule has 108 valence electrons. The Morgan fingerprint density at radius 3 is 2.68 bits per heavy atom. The van der Waals surface area contributed by atoms with Crippen molar-refractivity contribution in [1.82, 2.24) is 10.2 Å². The average molecular weight is 270 g/mol. The summed E-state index contributed by atoms with van der Waals surface area (Å²) in [5, 5.41) is 11.7. The number of carboxylic acids is 1. The van der Waals surface area contributed by atoms with E-state index in [1.165, 1.54) is 0 Å². The van der Waals surface area contributed by atoms with Crippen LogP contribution in [0.3, 0.4) is 0 Å². The topological polar surface area (TPSA) is 78.9 Å². The number of aliphatic carboxylic acids is 1. The minimum absolute atomic E-state index is 0.0760. The van der Waals surface area contributed by atoms with Crippen molar-refractivity contribution in [3.05, 3.63) is 0 Å². The van der Waals surface area contributed by atoms with Crippen LogP contribution >= 0.6 is 0 Å². The number of urea groups is 1. The van der Waals surface area contributed by atoms with E-state index < -0.39 is 12.1 Å². The van der Waals surface area contributed by atoms with E-state index in [-0.39, 0.29) is 17.6 Å². The first-order valence-corrected chi connectivity index (χ1v) is 6.78. The van der Waals surface area contributed by atoms with Gasteiger partial charge in [-0.2, -0.15) is 0 Å². The van der Waals surface area contributed by atoms with Crippen LogP contribution in [-0.4, -0.2) is 53.8 Å². The fourth-order valence-electron chi connectivity index (χ4n) is 2.64. The number of ether oxygens (including phenoxy) is 1. The SMILES string of the molecule is CC1(C)CCN(C(=O)NCC2CCC(C(=O)O)O2)C1. The van der Waals surface area contributed by atoms with Crippen molar-refractivity contribution in [1.29, 1.82) is 0 Å². The molecule has 0 bridgehead atoms. The summed E-state index contributed by atoms with van der Waals surface area (Å²) < 4.78 is 5.34. The number of carbonyl (C=O) groups is 2. The quantitative estimate of drug-likeness (QED) is 0.803. The highest BCUT2D eigenvalue weighted by Crippen LogP contribution is 2.28. The van der Waals surface area contributed by atoms with Crippen LogP contribution in [0.4, 0.5) is 4.79 Å². The van der Waals surface area contributed by atoms with Crippen molar-refractivity contribution in [2.45, 2.75) is 45.3 Å². The van der Waals surface area contributed by atoms with Crippen LogP contribution < -0.4 is 5.32 Å². The maximum Gasteiger partial charge on any atom is 0.332 e. The third-order valence-corrected chi connectivity index (χ3v) is 3.83. The molecule has 2 rings (SSSR count). The summed E-state index contributed by atoms with van der Waals surface area (Å²) >= 11 is 0. The van der Waals surface area contributed by atoms with Crippen LogP contribution in [0.2, 0.25) is 0 Å².